The van der Waals surface area contributed by atoms with Crippen LogP contribution in [0, 0.1) is 28.6 Å². The van der Waals surface area contributed by atoms with Gasteiger partial charge < -0.3 is 44.2 Å². The van der Waals surface area contributed by atoms with E-state index in [1.165, 1.54) is 0 Å². The Morgan fingerprint density at radius 3 is 2.59 bits per heavy atom. The molecule has 0 aromatic rings. The molecule has 13 unspecified atom stereocenters. The van der Waals surface area contributed by atoms with Crippen molar-refractivity contribution in [3.63, 3.8) is 0 Å². The SMILES string of the molecule is CC1OC2OC3CC4=CCC5C(CCC6(C)C(C7=CC(=O)OC7)CCC56O)C4(C=O)CC3OC2(O)C(O)C1O. The van der Waals surface area contributed by atoms with Crippen molar-refractivity contribution in [1.29, 1.82) is 0 Å². The van der Waals surface area contributed by atoms with Crippen LogP contribution in [0.2, 0.25) is 0 Å². The van der Waals surface area contributed by atoms with Gasteiger partial charge in [0.1, 0.15) is 25.1 Å². The van der Waals surface area contributed by atoms with Gasteiger partial charge in [0.25, 0.3) is 0 Å². The number of ether oxygens (including phenoxy) is 4. The van der Waals surface area contributed by atoms with Gasteiger partial charge in [-0.15, -0.1) is 0 Å². The number of hydrogen-bond donors (Lipinski definition) is 4. The van der Waals surface area contributed by atoms with Crippen molar-refractivity contribution in [1.82, 2.24) is 0 Å². The van der Waals surface area contributed by atoms with E-state index in [0.29, 0.717) is 25.7 Å². The van der Waals surface area contributed by atoms with E-state index in [-0.39, 0.29) is 36.8 Å². The highest BCUT2D eigenvalue weighted by atomic mass is 16.8. The van der Waals surface area contributed by atoms with E-state index in [1.807, 2.05) is 0 Å². The third kappa shape index (κ3) is 3.28. The number of esters is 1. The first-order chi connectivity index (χ1) is 18.5. The van der Waals surface area contributed by atoms with Gasteiger partial charge in [-0.1, -0.05) is 18.6 Å². The standard InChI is InChI=1S/C29H38O10/c1-14-23(32)24(33)29(35)25(37-14)38-20-10-16-3-4-19-18(27(16,13-30)11-21(20)39-29)5-7-26(2)17(6-8-28(19,26)34)15-9-22(31)36-12-15/h3,9,13-14,17-21,23-25,32-35H,4-8,10-12H2,1-2H3. The first-order valence-electron chi connectivity index (χ1n) is 14.3. The molecule has 0 amide bonds. The molecular weight excluding hydrogens is 508 g/mol. The van der Waals surface area contributed by atoms with Crippen LogP contribution < -0.4 is 0 Å². The lowest BCUT2D eigenvalue weighted by Gasteiger charge is -2.62. The van der Waals surface area contributed by atoms with Crippen molar-refractivity contribution in [2.75, 3.05) is 6.61 Å². The quantitative estimate of drug-likeness (QED) is 0.223. The molecule has 4 N–H and O–H groups in total. The van der Waals surface area contributed by atoms with Gasteiger partial charge in [0, 0.05) is 11.5 Å². The molecule has 3 aliphatic heterocycles. The molecular formula is C29H38O10. The van der Waals surface area contributed by atoms with Crippen molar-refractivity contribution in [2.24, 2.45) is 28.6 Å². The fourth-order valence-corrected chi connectivity index (χ4v) is 9.62. The number of carbonyl (C=O) groups excluding carboxylic acids is 2. The lowest BCUT2D eigenvalue weighted by Crippen LogP contribution is -2.73. The Kier molecular flexibility index (Phi) is 5.68. The summed E-state index contributed by atoms with van der Waals surface area (Å²) < 4.78 is 23.1. The largest absolute Gasteiger partial charge is 0.458 e. The summed E-state index contributed by atoms with van der Waals surface area (Å²) in [5.41, 5.74) is -0.427. The monoisotopic (exact) mass is 546 g/mol. The molecule has 3 saturated carbocycles. The lowest BCUT2D eigenvalue weighted by molar-refractivity contribution is -0.465. The van der Waals surface area contributed by atoms with Gasteiger partial charge in [-0.05, 0) is 75.2 Å². The van der Waals surface area contributed by atoms with Crippen molar-refractivity contribution >= 4 is 12.3 Å². The summed E-state index contributed by atoms with van der Waals surface area (Å²) in [6.45, 7) is 3.99. The van der Waals surface area contributed by atoms with Gasteiger partial charge in [-0.2, -0.15) is 0 Å². The third-order valence-corrected chi connectivity index (χ3v) is 11.8. The van der Waals surface area contributed by atoms with Crippen LogP contribution in [0.1, 0.15) is 58.8 Å². The van der Waals surface area contributed by atoms with Crippen LogP contribution in [-0.2, 0) is 28.5 Å². The van der Waals surface area contributed by atoms with Crippen LogP contribution >= 0.6 is 0 Å². The molecule has 0 radical (unpaired) electrons. The summed E-state index contributed by atoms with van der Waals surface area (Å²) in [6.07, 6.45) is 2.56. The highest BCUT2D eigenvalue weighted by molar-refractivity contribution is 5.85. The van der Waals surface area contributed by atoms with Crippen molar-refractivity contribution in [3.8, 4) is 0 Å². The second-order valence-corrected chi connectivity index (χ2v) is 13.2. The maximum Gasteiger partial charge on any atom is 0.331 e. The summed E-state index contributed by atoms with van der Waals surface area (Å²) in [6, 6.07) is 0. The minimum Gasteiger partial charge on any atom is -0.458 e. The van der Waals surface area contributed by atoms with Gasteiger partial charge in [-0.3, -0.25) is 0 Å². The number of hydrogen-bond acceptors (Lipinski definition) is 10. The second-order valence-electron chi connectivity index (χ2n) is 13.2. The molecule has 4 aliphatic carbocycles. The van der Waals surface area contributed by atoms with Gasteiger partial charge in [0.15, 0.2) is 0 Å². The Bertz CT molecular complexity index is 1150. The number of cyclic esters (lactones) is 1. The molecule has 7 aliphatic rings. The number of aliphatic hydroxyl groups excluding tert-OH is 2. The van der Waals surface area contributed by atoms with Crippen LogP contribution in [0.5, 0.6) is 0 Å². The van der Waals surface area contributed by atoms with E-state index in [2.05, 4.69) is 13.0 Å². The van der Waals surface area contributed by atoms with E-state index in [0.717, 1.165) is 30.3 Å². The smallest absolute Gasteiger partial charge is 0.331 e. The molecule has 0 bridgehead atoms. The normalized spacial score (nSPS) is 56.2. The zero-order valence-electron chi connectivity index (χ0n) is 22.3. The molecule has 7 rings (SSSR count). The Balaban J connectivity index is 1.20. The molecule has 214 valence electrons. The molecule has 2 saturated heterocycles. The average molecular weight is 547 g/mol. The van der Waals surface area contributed by atoms with Crippen molar-refractivity contribution < 1.29 is 49.0 Å². The van der Waals surface area contributed by atoms with E-state index >= 15 is 0 Å². The van der Waals surface area contributed by atoms with Crippen molar-refractivity contribution in [2.45, 2.75) is 107 Å². The molecule has 39 heavy (non-hydrogen) atoms. The van der Waals surface area contributed by atoms with Gasteiger partial charge >= 0.3 is 5.97 Å². The summed E-state index contributed by atoms with van der Waals surface area (Å²) in [5.74, 6) is -2.82. The minimum absolute atomic E-state index is 0.0473. The molecule has 10 heteroatoms. The Labute approximate surface area is 226 Å². The maximum absolute atomic E-state index is 13.1. The zero-order chi connectivity index (χ0) is 27.5. The topological polar surface area (TPSA) is 152 Å². The number of aldehydes is 1. The molecule has 0 aromatic heterocycles. The molecule has 3 heterocycles. The molecule has 5 fully saturated rings. The Morgan fingerprint density at radius 2 is 1.87 bits per heavy atom. The summed E-state index contributed by atoms with van der Waals surface area (Å²) in [7, 11) is 0. The summed E-state index contributed by atoms with van der Waals surface area (Å²) in [4.78, 5) is 24.9. The second kappa shape index (κ2) is 8.44. The number of carbonyl (C=O) groups is 2. The van der Waals surface area contributed by atoms with Gasteiger partial charge in [-0.25, -0.2) is 4.79 Å². The Morgan fingerprint density at radius 1 is 1.08 bits per heavy atom. The predicted molar refractivity (Wildman–Crippen MR) is 133 cm³/mol. The predicted octanol–water partition coefficient (Wildman–Crippen LogP) is 0.892. The van der Waals surface area contributed by atoms with Crippen LogP contribution in [0.4, 0.5) is 0 Å². The van der Waals surface area contributed by atoms with Gasteiger partial charge in [0.2, 0.25) is 12.1 Å². The van der Waals surface area contributed by atoms with Crippen LogP contribution in [-0.4, -0.2) is 87.5 Å². The number of rotatable bonds is 2. The van der Waals surface area contributed by atoms with E-state index in [1.54, 1.807) is 13.0 Å². The van der Waals surface area contributed by atoms with Gasteiger partial charge in [0.05, 0.1) is 29.3 Å². The lowest BCUT2D eigenvalue weighted by atomic mass is 9.45. The van der Waals surface area contributed by atoms with Crippen LogP contribution in [0.3, 0.4) is 0 Å². The third-order valence-electron chi connectivity index (χ3n) is 11.8. The van der Waals surface area contributed by atoms with Crippen molar-refractivity contribution in [3.05, 3.63) is 23.3 Å². The van der Waals surface area contributed by atoms with E-state index in [9.17, 15) is 30.0 Å². The maximum atomic E-state index is 13.1. The number of aliphatic hydroxyl groups is 4. The first kappa shape index (κ1) is 26.3. The summed E-state index contributed by atoms with van der Waals surface area (Å²) in [5, 5.41) is 44.7. The number of fused-ring (bicyclic) bond motifs is 7. The first-order valence-corrected chi connectivity index (χ1v) is 14.3. The molecule has 13 atom stereocenters. The highest BCUT2D eigenvalue weighted by Crippen LogP contribution is 2.69. The van der Waals surface area contributed by atoms with Crippen LogP contribution in [0.25, 0.3) is 0 Å². The van der Waals surface area contributed by atoms with Crippen LogP contribution in [0.15, 0.2) is 23.3 Å². The average Bonchev–Trinajstić information content (AvgIpc) is 3.45. The summed E-state index contributed by atoms with van der Waals surface area (Å²) >= 11 is 0. The van der Waals surface area contributed by atoms with E-state index in [4.69, 9.17) is 18.9 Å². The zero-order valence-corrected chi connectivity index (χ0v) is 22.3. The molecule has 10 nitrogen and oxygen atoms in total. The fraction of sp³-hybridized carbons (Fsp3) is 0.793. The minimum atomic E-state index is -2.26. The highest BCUT2D eigenvalue weighted by Gasteiger charge is 2.69. The fourth-order valence-electron chi connectivity index (χ4n) is 9.62. The molecule has 0 spiro atoms. The number of allylic oxidation sites excluding steroid dienone is 1. The Hall–Kier alpha value is -1.66. The van der Waals surface area contributed by atoms with E-state index < -0.39 is 59.0 Å². The molecule has 0 aromatic carbocycles.